The maximum Gasteiger partial charge on any atom is 0.320 e. The van der Waals surface area contributed by atoms with Gasteiger partial charge in [-0.25, -0.2) is 4.98 Å². The van der Waals surface area contributed by atoms with E-state index in [9.17, 15) is 13.6 Å². The molecule has 0 radical (unpaired) electrons. The van der Waals surface area contributed by atoms with Crippen LogP contribution in [0.3, 0.4) is 0 Å². The van der Waals surface area contributed by atoms with Crippen molar-refractivity contribution in [3.63, 3.8) is 0 Å². The number of halogens is 2. The lowest BCUT2D eigenvalue weighted by molar-refractivity contribution is -0.127. The summed E-state index contributed by atoms with van der Waals surface area (Å²) < 4.78 is 33.6. The van der Waals surface area contributed by atoms with Crippen LogP contribution in [0.15, 0.2) is 48.5 Å². The molecule has 2 aromatic carbocycles. The van der Waals surface area contributed by atoms with Crippen LogP contribution in [-0.4, -0.2) is 28.1 Å². The lowest BCUT2D eigenvalue weighted by Crippen LogP contribution is -2.38. The van der Waals surface area contributed by atoms with E-state index in [4.69, 9.17) is 10.00 Å². The molecule has 1 aromatic heterocycles. The fourth-order valence-electron chi connectivity index (χ4n) is 2.97. The van der Waals surface area contributed by atoms with Gasteiger partial charge in [0.1, 0.15) is 11.6 Å². The summed E-state index contributed by atoms with van der Waals surface area (Å²) >= 11 is 0. The topological polar surface area (TPSA) is 79.9 Å². The van der Waals surface area contributed by atoms with Crippen LogP contribution in [0.1, 0.15) is 37.7 Å². The average Bonchev–Trinajstić information content (AvgIpc) is 3.12. The molecular formula is C21H20F2N4O2. The van der Waals surface area contributed by atoms with Gasteiger partial charge in [-0.2, -0.15) is 14.0 Å². The molecule has 0 saturated heterocycles. The zero-order valence-electron chi connectivity index (χ0n) is 16.0. The number of hydrogen-bond donors (Lipinski definition) is 1. The van der Waals surface area contributed by atoms with E-state index in [1.165, 1.54) is 0 Å². The highest BCUT2D eigenvalue weighted by molar-refractivity contribution is 5.81. The number of imidazole rings is 1. The standard InChI is InChI=1S/C21H20F2N4O2/c1-13(19-26-17-5-3-4-6-18(17)27(19)21(22)23)12-25-20(28)14(2)29-16-9-7-15(11-24)8-10-16/h3-10,13-14,21H,12H2,1-2H3,(H,25,28)/t13-,14+/m1/s1. The van der Waals surface area contributed by atoms with Crippen LogP contribution in [0.2, 0.25) is 0 Å². The second-order valence-electron chi connectivity index (χ2n) is 6.65. The van der Waals surface area contributed by atoms with Gasteiger partial charge in [-0.3, -0.25) is 9.36 Å². The molecule has 1 heterocycles. The highest BCUT2D eigenvalue weighted by Crippen LogP contribution is 2.27. The molecule has 1 amide bonds. The number of ether oxygens (including phenoxy) is 1. The number of rotatable bonds is 7. The van der Waals surface area contributed by atoms with Crippen LogP contribution in [0.5, 0.6) is 5.75 Å². The lowest BCUT2D eigenvalue weighted by atomic mass is 10.1. The smallest absolute Gasteiger partial charge is 0.320 e. The van der Waals surface area contributed by atoms with Gasteiger partial charge < -0.3 is 10.1 Å². The Balaban J connectivity index is 1.64. The van der Waals surface area contributed by atoms with Gasteiger partial charge in [-0.15, -0.1) is 0 Å². The Morgan fingerprint density at radius 3 is 2.55 bits per heavy atom. The van der Waals surface area contributed by atoms with Gasteiger partial charge in [-0.05, 0) is 43.3 Å². The zero-order valence-corrected chi connectivity index (χ0v) is 16.0. The predicted molar refractivity (Wildman–Crippen MR) is 104 cm³/mol. The number of carbonyl (C=O) groups is 1. The van der Waals surface area contributed by atoms with E-state index in [0.717, 1.165) is 4.57 Å². The van der Waals surface area contributed by atoms with Gasteiger partial charge in [-0.1, -0.05) is 19.1 Å². The van der Waals surface area contributed by atoms with Crippen LogP contribution in [0.4, 0.5) is 8.78 Å². The van der Waals surface area contributed by atoms with Crippen molar-refractivity contribution >= 4 is 16.9 Å². The minimum Gasteiger partial charge on any atom is -0.481 e. The quantitative estimate of drug-likeness (QED) is 0.653. The third-order valence-corrected chi connectivity index (χ3v) is 4.51. The number of aromatic nitrogens is 2. The molecule has 0 unspecified atom stereocenters. The minimum absolute atomic E-state index is 0.135. The lowest BCUT2D eigenvalue weighted by Gasteiger charge is -2.18. The molecule has 2 atom stereocenters. The average molecular weight is 398 g/mol. The molecule has 0 saturated carbocycles. The number of para-hydroxylation sites is 2. The summed E-state index contributed by atoms with van der Waals surface area (Å²) in [4.78, 5) is 16.6. The number of amides is 1. The van der Waals surface area contributed by atoms with Crippen LogP contribution >= 0.6 is 0 Å². The molecule has 8 heteroatoms. The Morgan fingerprint density at radius 1 is 1.21 bits per heavy atom. The van der Waals surface area contributed by atoms with E-state index in [1.807, 2.05) is 6.07 Å². The third kappa shape index (κ3) is 4.51. The Bertz CT molecular complexity index is 1040. The molecule has 3 aromatic rings. The van der Waals surface area contributed by atoms with E-state index in [-0.39, 0.29) is 18.3 Å². The summed E-state index contributed by atoms with van der Waals surface area (Å²) in [6.45, 7) is 0.726. The molecule has 0 aliphatic carbocycles. The van der Waals surface area contributed by atoms with Gasteiger partial charge in [0, 0.05) is 12.5 Å². The molecule has 3 rings (SSSR count). The number of fused-ring (bicyclic) bond motifs is 1. The Labute approximate surface area is 166 Å². The van der Waals surface area contributed by atoms with Crippen molar-refractivity contribution in [2.45, 2.75) is 32.4 Å². The first-order valence-electron chi connectivity index (χ1n) is 9.10. The number of hydrogen-bond acceptors (Lipinski definition) is 4. The normalized spacial score (nSPS) is 13.1. The molecule has 6 nitrogen and oxygen atoms in total. The largest absolute Gasteiger partial charge is 0.481 e. The van der Waals surface area contributed by atoms with Gasteiger partial charge >= 0.3 is 6.55 Å². The number of nitrogens with zero attached hydrogens (tertiary/aromatic N) is 3. The summed E-state index contributed by atoms with van der Waals surface area (Å²) in [6, 6.07) is 15.1. The van der Waals surface area contributed by atoms with Crippen molar-refractivity contribution in [2.24, 2.45) is 0 Å². The molecule has 0 bridgehead atoms. The predicted octanol–water partition coefficient (Wildman–Crippen LogP) is 3.99. The first-order chi connectivity index (χ1) is 13.9. The van der Waals surface area contributed by atoms with E-state index in [0.29, 0.717) is 22.3 Å². The summed E-state index contributed by atoms with van der Waals surface area (Å²) in [5, 5.41) is 11.5. The third-order valence-electron chi connectivity index (χ3n) is 4.51. The summed E-state index contributed by atoms with van der Waals surface area (Å²) in [7, 11) is 0. The fourth-order valence-corrected chi connectivity index (χ4v) is 2.97. The van der Waals surface area contributed by atoms with Crippen molar-refractivity contribution in [1.29, 1.82) is 5.26 Å². The summed E-state index contributed by atoms with van der Waals surface area (Å²) in [5.74, 6) is -0.135. The number of carbonyl (C=O) groups excluding carboxylic acids is 1. The first kappa shape index (κ1) is 20.3. The maximum absolute atomic E-state index is 13.6. The molecular weight excluding hydrogens is 378 g/mol. The van der Waals surface area contributed by atoms with Gasteiger partial charge in [0.15, 0.2) is 6.10 Å². The Kier molecular flexibility index (Phi) is 6.07. The van der Waals surface area contributed by atoms with Gasteiger partial charge in [0.05, 0.1) is 22.7 Å². The van der Waals surface area contributed by atoms with E-state index < -0.39 is 18.6 Å². The van der Waals surface area contributed by atoms with Crippen molar-refractivity contribution in [2.75, 3.05) is 6.54 Å². The van der Waals surface area contributed by atoms with Crippen LogP contribution in [-0.2, 0) is 4.79 Å². The van der Waals surface area contributed by atoms with Crippen LogP contribution in [0, 0.1) is 11.3 Å². The van der Waals surface area contributed by atoms with E-state index in [1.54, 1.807) is 62.4 Å². The Morgan fingerprint density at radius 2 is 1.90 bits per heavy atom. The summed E-state index contributed by atoms with van der Waals surface area (Å²) in [5.41, 5.74) is 1.33. The second kappa shape index (κ2) is 8.69. The molecule has 0 aliphatic heterocycles. The van der Waals surface area contributed by atoms with E-state index in [2.05, 4.69) is 10.3 Å². The fraction of sp³-hybridized carbons (Fsp3) is 0.286. The van der Waals surface area contributed by atoms with Crippen LogP contribution < -0.4 is 10.1 Å². The molecule has 0 aliphatic rings. The van der Waals surface area contributed by atoms with Crippen molar-refractivity contribution in [3.05, 3.63) is 59.9 Å². The maximum atomic E-state index is 13.6. The summed E-state index contributed by atoms with van der Waals surface area (Å²) in [6.07, 6.45) is -0.788. The van der Waals surface area contributed by atoms with Crippen molar-refractivity contribution in [1.82, 2.24) is 14.9 Å². The van der Waals surface area contributed by atoms with Crippen LogP contribution in [0.25, 0.3) is 11.0 Å². The molecule has 150 valence electrons. The number of nitrogens with one attached hydrogen (secondary N) is 1. The molecule has 0 spiro atoms. The van der Waals surface area contributed by atoms with Crippen molar-refractivity contribution in [3.8, 4) is 11.8 Å². The van der Waals surface area contributed by atoms with E-state index >= 15 is 0 Å². The number of nitriles is 1. The molecule has 1 N–H and O–H groups in total. The minimum atomic E-state index is -2.73. The zero-order chi connectivity index (χ0) is 21.0. The number of alkyl halides is 2. The first-order valence-corrected chi connectivity index (χ1v) is 9.10. The molecule has 29 heavy (non-hydrogen) atoms. The SMILES string of the molecule is C[C@H](Oc1ccc(C#N)cc1)C(=O)NC[C@@H](C)c1nc2ccccc2n1C(F)F. The second-order valence-corrected chi connectivity index (χ2v) is 6.65. The van der Waals surface area contributed by atoms with Crippen molar-refractivity contribution < 1.29 is 18.3 Å². The molecule has 0 fully saturated rings. The Hall–Kier alpha value is -3.47. The van der Waals surface area contributed by atoms with Gasteiger partial charge in [0.2, 0.25) is 0 Å². The monoisotopic (exact) mass is 398 g/mol. The highest BCUT2D eigenvalue weighted by atomic mass is 19.3. The highest BCUT2D eigenvalue weighted by Gasteiger charge is 2.23. The number of benzene rings is 2. The van der Waals surface area contributed by atoms with Gasteiger partial charge in [0.25, 0.3) is 5.91 Å².